The molecular weight excluding hydrogens is 186 g/mol. The second-order valence-corrected chi connectivity index (χ2v) is 4.40. The molecule has 1 aliphatic rings. The number of hydrogen-bond acceptors (Lipinski definition) is 2. The molecule has 0 radical (unpaired) electrons. The Bertz CT molecular complexity index is 299. The zero-order valence-electron chi connectivity index (χ0n) is 9.26. The minimum Gasteiger partial charge on any atom is -0.387 e. The Morgan fingerprint density at radius 1 is 1.27 bits per heavy atom. The van der Waals surface area contributed by atoms with Gasteiger partial charge in [-0.15, -0.1) is 0 Å². The van der Waals surface area contributed by atoms with Gasteiger partial charge in [0.2, 0.25) is 0 Å². The van der Waals surface area contributed by atoms with Crippen molar-refractivity contribution < 1.29 is 5.11 Å². The van der Waals surface area contributed by atoms with Gasteiger partial charge in [0.25, 0.3) is 0 Å². The maximum absolute atomic E-state index is 10.3. The van der Waals surface area contributed by atoms with Crippen LogP contribution in [0.4, 0.5) is 0 Å². The normalized spacial score (nSPS) is 25.1. The maximum atomic E-state index is 10.3. The number of hydrogen-bond donors (Lipinski definition) is 1. The van der Waals surface area contributed by atoms with E-state index in [-0.39, 0.29) is 6.10 Å². The van der Waals surface area contributed by atoms with Crippen molar-refractivity contribution in [2.75, 3.05) is 13.6 Å². The summed E-state index contributed by atoms with van der Waals surface area (Å²) in [4.78, 5) is 2.28. The third-order valence-corrected chi connectivity index (χ3v) is 3.33. The minimum absolute atomic E-state index is 0.293. The lowest BCUT2D eigenvalue weighted by Gasteiger charge is -2.35. The molecule has 2 heteroatoms. The van der Waals surface area contributed by atoms with Crippen molar-refractivity contribution in [3.63, 3.8) is 0 Å². The van der Waals surface area contributed by atoms with Crippen LogP contribution in [0.1, 0.15) is 30.9 Å². The van der Waals surface area contributed by atoms with Gasteiger partial charge in [0.1, 0.15) is 0 Å². The highest BCUT2D eigenvalue weighted by Crippen LogP contribution is 2.27. The zero-order chi connectivity index (χ0) is 10.7. The van der Waals surface area contributed by atoms with Gasteiger partial charge in [-0.25, -0.2) is 0 Å². The van der Waals surface area contributed by atoms with Gasteiger partial charge in [0.15, 0.2) is 0 Å². The van der Waals surface area contributed by atoms with Crippen LogP contribution in [0.5, 0.6) is 0 Å². The highest BCUT2D eigenvalue weighted by atomic mass is 16.3. The Balaban J connectivity index is 2.09. The van der Waals surface area contributed by atoms with E-state index in [0.29, 0.717) is 6.04 Å². The van der Waals surface area contributed by atoms with Crippen molar-refractivity contribution in [2.45, 2.75) is 31.4 Å². The van der Waals surface area contributed by atoms with Gasteiger partial charge in [-0.05, 0) is 32.0 Å². The fourth-order valence-electron chi connectivity index (χ4n) is 2.37. The maximum Gasteiger partial charge on any atom is 0.0945 e. The largest absolute Gasteiger partial charge is 0.387 e. The number of rotatable bonds is 2. The molecule has 1 heterocycles. The minimum atomic E-state index is -0.337. The van der Waals surface area contributed by atoms with Crippen LogP contribution in [0.15, 0.2) is 30.3 Å². The third kappa shape index (κ3) is 2.39. The third-order valence-electron chi connectivity index (χ3n) is 3.33. The van der Waals surface area contributed by atoms with E-state index >= 15 is 0 Å². The Kier molecular flexibility index (Phi) is 3.39. The molecule has 1 unspecified atom stereocenters. The molecule has 0 amide bonds. The van der Waals surface area contributed by atoms with Gasteiger partial charge < -0.3 is 10.0 Å². The molecule has 2 rings (SSSR count). The summed E-state index contributed by atoms with van der Waals surface area (Å²) in [6.07, 6.45) is 3.26. The SMILES string of the molecule is CN1CCCC[C@H]1C(O)c1ccccc1. The average molecular weight is 205 g/mol. The zero-order valence-corrected chi connectivity index (χ0v) is 9.26. The number of nitrogens with zero attached hydrogens (tertiary/aromatic N) is 1. The second kappa shape index (κ2) is 4.77. The highest BCUT2D eigenvalue weighted by Gasteiger charge is 2.26. The van der Waals surface area contributed by atoms with E-state index in [1.54, 1.807) is 0 Å². The predicted octanol–water partition coefficient (Wildman–Crippen LogP) is 2.20. The lowest BCUT2D eigenvalue weighted by molar-refractivity contribution is 0.0403. The van der Waals surface area contributed by atoms with Crippen molar-refractivity contribution in [3.8, 4) is 0 Å². The Morgan fingerprint density at radius 2 is 2.00 bits per heavy atom. The molecule has 1 aromatic carbocycles. The number of likely N-dealkylation sites (tertiary alicyclic amines) is 1. The van der Waals surface area contributed by atoms with Crippen LogP contribution in [0.3, 0.4) is 0 Å². The first-order valence-electron chi connectivity index (χ1n) is 5.72. The van der Waals surface area contributed by atoms with Crippen LogP contribution in [0.25, 0.3) is 0 Å². The van der Waals surface area contributed by atoms with Crippen molar-refractivity contribution >= 4 is 0 Å². The molecule has 0 aliphatic carbocycles. The van der Waals surface area contributed by atoms with E-state index in [0.717, 1.165) is 18.5 Å². The fourth-order valence-corrected chi connectivity index (χ4v) is 2.37. The first-order valence-corrected chi connectivity index (χ1v) is 5.72. The summed E-state index contributed by atoms with van der Waals surface area (Å²) in [5.41, 5.74) is 1.04. The van der Waals surface area contributed by atoms with Gasteiger partial charge in [0, 0.05) is 6.04 Å². The van der Waals surface area contributed by atoms with E-state index in [2.05, 4.69) is 11.9 Å². The average Bonchev–Trinajstić information content (AvgIpc) is 2.30. The van der Waals surface area contributed by atoms with Gasteiger partial charge in [-0.3, -0.25) is 0 Å². The lowest BCUT2D eigenvalue weighted by Crippen LogP contribution is -2.40. The van der Waals surface area contributed by atoms with Crippen molar-refractivity contribution in [3.05, 3.63) is 35.9 Å². The Hall–Kier alpha value is -0.860. The molecule has 1 aliphatic heterocycles. The Labute approximate surface area is 91.5 Å². The van der Waals surface area contributed by atoms with E-state index in [4.69, 9.17) is 0 Å². The summed E-state index contributed by atoms with van der Waals surface area (Å²) in [7, 11) is 2.11. The summed E-state index contributed by atoms with van der Waals surface area (Å²) in [5, 5.41) is 10.3. The Morgan fingerprint density at radius 3 is 2.67 bits per heavy atom. The molecule has 1 fully saturated rings. The summed E-state index contributed by atoms with van der Waals surface area (Å²) in [6, 6.07) is 10.3. The molecule has 2 nitrogen and oxygen atoms in total. The molecule has 1 aromatic rings. The van der Waals surface area contributed by atoms with Crippen LogP contribution in [0, 0.1) is 0 Å². The standard InChI is InChI=1S/C13H19NO/c1-14-10-6-5-9-12(14)13(15)11-7-3-2-4-8-11/h2-4,7-8,12-13,15H,5-6,9-10H2,1H3/t12-,13?/m0/s1. The molecule has 82 valence electrons. The second-order valence-electron chi connectivity index (χ2n) is 4.40. The summed E-state index contributed by atoms with van der Waals surface area (Å²) in [5.74, 6) is 0. The van der Waals surface area contributed by atoms with Gasteiger partial charge in [-0.2, -0.15) is 0 Å². The summed E-state index contributed by atoms with van der Waals surface area (Å²) >= 11 is 0. The molecule has 15 heavy (non-hydrogen) atoms. The predicted molar refractivity (Wildman–Crippen MR) is 61.7 cm³/mol. The number of aliphatic hydroxyl groups excluding tert-OH is 1. The quantitative estimate of drug-likeness (QED) is 0.800. The van der Waals surface area contributed by atoms with Crippen LogP contribution in [-0.4, -0.2) is 29.6 Å². The van der Waals surface area contributed by atoms with E-state index in [9.17, 15) is 5.11 Å². The number of likely N-dealkylation sites (N-methyl/N-ethyl adjacent to an activating group) is 1. The van der Waals surface area contributed by atoms with Crippen LogP contribution in [0.2, 0.25) is 0 Å². The van der Waals surface area contributed by atoms with Gasteiger partial charge in [-0.1, -0.05) is 36.8 Å². The molecule has 0 aromatic heterocycles. The molecule has 1 saturated heterocycles. The number of benzene rings is 1. The topological polar surface area (TPSA) is 23.5 Å². The molecule has 1 N–H and O–H groups in total. The summed E-state index contributed by atoms with van der Waals surface area (Å²) in [6.45, 7) is 1.11. The monoisotopic (exact) mass is 205 g/mol. The molecule has 0 bridgehead atoms. The molecule has 2 atom stereocenters. The van der Waals surface area contributed by atoms with Gasteiger partial charge in [0.05, 0.1) is 6.10 Å². The van der Waals surface area contributed by atoms with Crippen molar-refractivity contribution in [2.24, 2.45) is 0 Å². The van der Waals surface area contributed by atoms with Crippen LogP contribution >= 0.6 is 0 Å². The lowest BCUT2D eigenvalue weighted by atomic mass is 9.93. The highest BCUT2D eigenvalue weighted by molar-refractivity contribution is 5.19. The van der Waals surface area contributed by atoms with Crippen LogP contribution in [-0.2, 0) is 0 Å². The van der Waals surface area contributed by atoms with Crippen molar-refractivity contribution in [1.82, 2.24) is 4.90 Å². The van der Waals surface area contributed by atoms with Gasteiger partial charge >= 0.3 is 0 Å². The molecular formula is C13H19NO. The first-order chi connectivity index (χ1) is 7.29. The number of aliphatic hydroxyl groups is 1. The summed E-state index contributed by atoms with van der Waals surface area (Å²) < 4.78 is 0. The smallest absolute Gasteiger partial charge is 0.0945 e. The van der Waals surface area contributed by atoms with E-state index in [1.807, 2.05) is 30.3 Å². The van der Waals surface area contributed by atoms with E-state index < -0.39 is 0 Å². The van der Waals surface area contributed by atoms with E-state index in [1.165, 1.54) is 12.8 Å². The number of piperidine rings is 1. The fraction of sp³-hybridized carbons (Fsp3) is 0.538. The molecule has 0 saturated carbocycles. The first kappa shape index (κ1) is 10.7. The molecule has 0 spiro atoms. The van der Waals surface area contributed by atoms with Crippen LogP contribution < -0.4 is 0 Å². The van der Waals surface area contributed by atoms with Crippen molar-refractivity contribution in [1.29, 1.82) is 0 Å².